The van der Waals surface area contributed by atoms with Gasteiger partial charge in [0.1, 0.15) is 10.7 Å². The van der Waals surface area contributed by atoms with Crippen molar-refractivity contribution in [2.24, 2.45) is 0 Å². The number of fused-ring (bicyclic) bond motifs is 1. The fourth-order valence-corrected chi connectivity index (χ4v) is 7.36. The van der Waals surface area contributed by atoms with E-state index in [0.717, 1.165) is 24.9 Å². The second kappa shape index (κ2) is 10.4. The van der Waals surface area contributed by atoms with Crippen molar-refractivity contribution in [3.63, 3.8) is 0 Å². The smallest absolute Gasteiger partial charge is 0.246 e. The first-order valence-corrected chi connectivity index (χ1v) is 14.0. The summed E-state index contributed by atoms with van der Waals surface area (Å²) in [5.74, 6) is -0.571. The number of halogens is 1. The van der Waals surface area contributed by atoms with Crippen LogP contribution in [0.1, 0.15) is 29.9 Å². The Labute approximate surface area is 213 Å². The Morgan fingerprint density at radius 3 is 2.42 bits per heavy atom. The van der Waals surface area contributed by atoms with Gasteiger partial charge in [-0.1, -0.05) is 66.2 Å². The average molecular weight is 509 g/mol. The van der Waals surface area contributed by atoms with Crippen molar-refractivity contribution in [3.05, 3.63) is 89.7 Å². The van der Waals surface area contributed by atoms with Crippen LogP contribution in [0.15, 0.2) is 77.7 Å². The summed E-state index contributed by atoms with van der Waals surface area (Å²) < 4.78 is 48.5. The van der Waals surface area contributed by atoms with Gasteiger partial charge in [0, 0.05) is 38.2 Å². The lowest BCUT2D eigenvalue weighted by atomic mass is 9.74. The van der Waals surface area contributed by atoms with Crippen molar-refractivity contribution in [1.82, 2.24) is 9.21 Å². The summed E-state index contributed by atoms with van der Waals surface area (Å²) in [5, 5.41) is 0. The van der Waals surface area contributed by atoms with Gasteiger partial charge >= 0.3 is 0 Å². The molecule has 3 aromatic carbocycles. The van der Waals surface area contributed by atoms with E-state index in [4.69, 9.17) is 4.74 Å². The molecule has 0 unspecified atom stereocenters. The van der Waals surface area contributed by atoms with Crippen molar-refractivity contribution < 1.29 is 17.5 Å². The first kappa shape index (κ1) is 25.1. The molecule has 0 amide bonds. The summed E-state index contributed by atoms with van der Waals surface area (Å²) in [4.78, 5) is 2.13. The van der Waals surface area contributed by atoms with Crippen LogP contribution in [0.3, 0.4) is 0 Å². The van der Waals surface area contributed by atoms with Crippen LogP contribution in [0, 0.1) is 12.7 Å². The van der Waals surface area contributed by atoms with E-state index < -0.39 is 15.8 Å². The fraction of sp³-hybridized carbons (Fsp3) is 0.379. The van der Waals surface area contributed by atoms with Crippen molar-refractivity contribution in [2.45, 2.75) is 42.7 Å². The standard InChI is InChI=1S/C29H33FN2O3S/c1-21-8-7-9-24(18-21)22-12-14-23(15-13-22)29-26-19-31(16-5-6-17-32(26)27(29)20-35-2)36(33,34)28-11-4-3-10-25(28)30/h3-4,7-15,18,26-27,29H,5-6,16-17,19-20H2,1-2H3/t26-,27-,29-/m0/s1. The molecule has 0 aromatic heterocycles. The number of ether oxygens (including phenoxy) is 1. The van der Waals surface area contributed by atoms with Gasteiger partial charge in [0.05, 0.1) is 6.61 Å². The van der Waals surface area contributed by atoms with E-state index >= 15 is 0 Å². The molecule has 0 radical (unpaired) electrons. The van der Waals surface area contributed by atoms with Crippen molar-refractivity contribution >= 4 is 10.0 Å². The number of hydrogen-bond donors (Lipinski definition) is 0. The molecule has 0 N–H and O–H groups in total. The van der Waals surface area contributed by atoms with Crippen LogP contribution in [0.4, 0.5) is 4.39 Å². The van der Waals surface area contributed by atoms with Gasteiger partial charge in [-0.25, -0.2) is 12.8 Å². The van der Waals surface area contributed by atoms with Gasteiger partial charge in [0.2, 0.25) is 10.0 Å². The third-order valence-corrected chi connectivity index (χ3v) is 9.48. The van der Waals surface area contributed by atoms with Crippen LogP contribution >= 0.6 is 0 Å². The minimum Gasteiger partial charge on any atom is -0.383 e. The number of methoxy groups -OCH3 is 1. The van der Waals surface area contributed by atoms with Gasteiger partial charge in [0.15, 0.2) is 0 Å². The van der Waals surface area contributed by atoms with Gasteiger partial charge in [-0.3, -0.25) is 4.90 Å². The molecule has 3 aromatic rings. The molecule has 36 heavy (non-hydrogen) atoms. The number of nitrogens with zero attached hydrogens (tertiary/aromatic N) is 2. The van der Waals surface area contributed by atoms with Crippen molar-refractivity contribution in [2.75, 3.05) is 33.4 Å². The fourth-order valence-electron chi connectivity index (χ4n) is 5.79. The maximum absolute atomic E-state index is 14.5. The van der Waals surface area contributed by atoms with Crippen LogP contribution in [0.2, 0.25) is 0 Å². The molecule has 5 nitrogen and oxygen atoms in total. The highest BCUT2D eigenvalue weighted by atomic mass is 32.2. The number of hydrogen-bond acceptors (Lipinski definition) is 4. The molecule has 2 aliphatic rings. The molecule has 190 valence electrons. The van der Waals surface area contributed by atoms with Gasteiger partial charge in [-0.05, 0) is 55.1 Å². The predicted molar refractivity (Wildman–Crippen MR) is 140 cm³/mol. The molecule has 2 aliphatic heterocycles. The minimum atomic E-state index is -3.94. The maximum Gasteiger partial charge on any atom is 0.246 e. The van der Waals surface area contributed by atoms with Crippen LogP contribution in [-0.2, 0) is 14.8 Å². The molecule has 0 spiro atoms. The summed E-state index contributed by atoms with van der Waals surface area (Å²) in [6.45, 7) is 4.31. The van der Waals surface area contributed by atoms with Crippen molar-refractivity contribution in [1.29, 1.82) is 0 Å². The molecule has 0 bridgehead atoms. The minimum absolute atomic E-state index is 0.0109. The molecule has 2 saturated heterocycles. The predicted octanol–water partition coefficient (Wildman–Crippen LogP) is 5.07. The lowest BCUT2D eigenvalue weighted by Crippen LogP contribution is -2.68. The normalized spacial score (nSPS) is 23.4. The molecule has 3 atom stereocenters. The summed E-state index contributed by atoms with van der Waals surface area (Å²) in [5.41, 5.74) is 4.73. The summed E-state index contributed by atoms with van der Waals surface area (Å²) in [6.07, 6.45) is 1.63. The number of aryl methyl sites for hydroxylation is 1. The van der Waals surface area contributed by atoms with Gasteiger partial charge in [0.25, 0.3) is 0 Å². The van der Waals surface area contributed by atoms with E-state index in [0.29, 0.717) is 19.7 Å². The topological polar surface area (TPSA) is 49.9 Å². The quantitative estimate of drug-likeness (QED) is 0.467. The van der Waals surface area contributed by atoms with Crippen LogP contribution in [-0.4, -0.2) is 63.1 Å². The third kappa shape index (κ3) is 4.73. The Kier molecular flexibility index (Phi) is 7.26. The summed E-state index contributed by atoms with van der Waals surface area (Å²) >= 11 is 0. The largest absolute Gasteiger partial charge is 0.383 e. The Bertz CT molecular complexity index is 1310. The number of sulfonamides is 1. The highest BCUT2D eigenvalue weighted by molar-refractivity contribution is 7.89. The first-order valence-electron chi connectivity index (χ1n) is 12.6. The van der Waals surface area contributed by atoms with E-state index in [2.05, 4.69) is 60.4 Å². The number of rotatable bonds is 6. The monoisotopic (exact) mass is 508 g/mol. The van der Waals surface area contributed by atoms with E-state index in [-0.39, 0.29) is 22.9 Å². The molecule has 0 saturated carbocycles. The molecule has 2 heterocycles. The molecule has 7 heteroatoms. The van der Waals surface area contributed by atoms with E-state index in [9.17, 15) is 12.8 Å². The molecular weight excluding hydrogens is 475 g/mol. The lowest BCUT2D eigenvalue weighted by molar-refractivity contribution is -0.0635. The van der Waals surface area contributed by atoms with Crippen LogP contribution in [0.25, 0.3) is 11.1 Å². The zero-order valence-electron chi connectivity index (χ0n) is 20.8. The van der Waals surface area contributed by atoms with Crippen LogP contribution < -0.4 is 0 Å². The van der Waals surface area contributed by atoms with Gasteiger partial charge in [-0.2, -0.15) is 4.31 Å². The zero-order valence-corrected chi connectivity index (χ0v) is 21.6. The SMILES string of the molecule is COC[C@H]1[C@@H](c2ccc(-c3cccc(C)c3)cc2)[C@@H]2CN(S(=O)(=O)c3ccccc3F)CCCCN12. The Morgan fingerprint density at radius 2 is 1.69 bits per heavy atom. The van der Waals surface area contributed by atoms with Gasteiger partial charge < -0.3 is 4.74 Å². The van der Waals surface area contributed by atoms with Crippen LogP contribution in [0.5, 0.6) is 0 Å². The lowest BCUT2D eigenvalue weighted by Gasteiger charge is -2.57. The molecule has 0 aliphatic carbocycles. The zero-order chi connectivity index (χ0) is 25.3. The maximum atomic E-state index is 14.5. The summed E-state index contributed by atoms with van der Waals surface area (Å²) in [6, 6.07) is 22.9. The average Bonchev–Trinajstić information content (AvgIpc) is 2.85. The Morgan fingerprint density at radius 1 is 0.944 bits per heavy atom. The van der Waals surface area contributed by atoms with Gasteiger partial charge in [-0.15, -0.1) is 0 Å². The van der Waals surface area contributed by atoms with E-state index in [1.807, 2.05) is 0 Å². The summed E-state index contributed by atoms with van der Waals surface area (Å²) in [7, 11) is -2.22. The second-order valence-corrected chi connectivity index (χ2v) is 11.8. The molecule has 2 fully saturated rings. The van der Waals surface area contributed by atoms with E-state index in [1.165, 1.54) is 39.2 Å². The Balaban J connectivity index is 1.45. The third-order valence-electron chi connectivity index (χ3n) is 7.58. The highest BCUT2D eigenvalue weighted by Crippen LogP contribution is 2.43. The first-order chi connectivity index (χ1) is 17.4. The number of benzene rings is 3. The Hall–Kier alpha value is -2.58. The van der Waals surface area contributed by atoms with Crippen molar-refractivity contribution in [3.8, 4) is 11.1 Å². The molecular formula is C29H33FN2O3S. The molecule has 5 rings (SSSR count). The van der Waals surface area contributed by atoms with E-state index in [1.54, 1.807) is 13.2 Å². The second-order valence-electron chi connectivity index (χ2n) is 9.85. The highest BCUT2D eigenvalue weighted by Gasteiger charge is 2.50.